The molecule has 0 atom stereocenters. The summed E-state index contributed by atoms with van der Waals surface area (Å²) in [4.78, 5) is 44.7. The van der Waals surface area contributed by atoms with E-state index in [1.807, 2.05) is 30.3 Å². The fourth-order valence-corrected chi connectivity index (χ4v) is 4.53. The zero-order valence-electron chi connectivity index (χ0n) is 17.3. The van der Waals surface area contributed by atoms with Gasteiger partial charge in [-0.1, -0.05) is 29.8 Å². The van der Waals surface area contributed by atoms with E-state index in [9.17, 15) is 14.4 Å². The number of rotatable bonds is 6. The van der Waals surface area contributed by atoms with Gasteiger partial charge in [0.1, 0.15) is 6.61 Å². The molecule has 0 aliphatic carbocycles. The maximum Gasteiger partial charge on any atom is 0.340 e. The number of esters is 1. The minimum Gasteiger partial charge on any atom is -0.455 e. The van der Waals surface area contributed by atoms with Gasteiger partial charge in [0.05, 0.1) is 22.6 Å². The summed E-state index contributed by atoms with van der Waals surface area (Å²) in [5.74, 6) is -0.789. The molecule has 2 heterocycles. The summed E-state index contributed by atoms with van der Waals surface area (Å²) in [6.07, 6.45) is 1.17. The second-order valence-electron chi connectivity index (χ2n) is 7.20. The Labute approximate surface area is 194 Å². The number of hydrogen-bond donors (Lipinski definition) is 0. The molecule has 0 saturated carbocycles. The average molecular weight is 470 g/mol. The zero-order valence-corrected chi connectivity index (χ0v) is 18.9. The van der Waals surface area contributed by atoms with E-state index in [1.165, 1.54) is 23.2 Å². The smallest absolute Gasteiger partial charge is 0.340 e. The maximum atomic E-state index is 12.8. The molecule has 1 aliphatic rings. The standard InChI is InChI=1S/C23H20ClN3O4S/c1-15(28)27(18-6-3-2-4-7-18)23-25-17(14-32-23)13-31-22(30)19-10-9-16(24)12-20(19)26-11-5-8-21(26)29/h2-4,6-7,9-10,12,14H,5,8,11,13H2,1H3. The van der Waals surface area contributed by atoms with E-state index < -0.39 is 5.97 Å². The van der Waals surface area contributed by atoms with Crippen molar-refractivity contribution in [3.05, 3.63) is 70.2 Å². The van der Waals surface area contributed by atoms with Crippen LogP contribution in [0.25, 0.3) is 0 Å². The highest BCUT2D eigenvalue weighted by Crippen LogP contribution is 2.31. The van der Waals surface area contributed by atoms with Crippen LogP contribution in [0.1, 0.15) is 35.8 Å². The number of amides is 2. The number of nitrogens with zero attached hydrogens (tertiary/aromatic N) is 3. The lowest BCUT2D eigenvalue weighted by molar-refractivity contribution is -0.117. The van der Waals surface area contributed by atoms with Gasteiger partial charge in [-0.15, -0.1) is 11.3 Å². The predicted molar refractivity (Wildman–Crippen MR) is 124 cm³/mol. The van der Waals surface area contributed by atoms with E-state index in [0.29, 0.717) is 40.2 Å². The van der Waals surface area contributed by atoms with Crippen LogP contribution in [0.4, 0.5) is 16.5 Å². The van der Waals surface area contributed by atoms with Gasteiger partial charge in [0.2, 0.25) is 11.8 Å². The quantitative estimate of drug-likeness (QED) is 0.476. The highest BCUT2D eigenvalue weighted by Gasteiger charge is 2.27. The van der Waals surface area contributed by atoms with Crippen LogP contribution in [-0.4, -0.2) is 29.3 Å². The highest BCUT2D eigenvalue weighted by molar-refractivity contribution is 7.14. The van der Waals surface area contributed by atoms with Gasteiger partial charge in [-0.3, -0.25) is 14.5 Å². The Morgan fingerprint density at radius 1 is 1.22 bits per heavy atom. The summed E-state index contributed by atoms with van der Waals surface area (Å²) in [5, 5.41) is 2.67. The normalized spacial score (nSPS) is 13.3. The first-order valence-electron chi connectivity index (χ1n) is 10.0. The number of hydrogen-bond acceptors (Lipinski definition) is 6. The third-order valence-electron chi connectivity index (χ3n) is 4.96. The second kappa shape index (κ2) is 9.50. The first-order valence-corrected chi connectivity index (χ1v) is 11.3. The van der Waals surface area contributed by atoms with Crippen molar-refractivity contribution in [2.24, 2.45) is 0 Å². The van der Waals surface area contributed by atoms with Crippen LogP contribution in [-0.2, 0) is 20.9 Å². The van der Waals surface area contributed by atoms with Crippen molar-refractivity contribution >= 4 is 57.2 Å². The molecule has 164 valence electrons. The summed E-state index contributed by atoms with van der Waals surface area (Å²) in [6, 6.07) is 14.0. The summed E-state index contributed by atoms with van der Waals surface area (Å²) in [7, 11) is 0. The van der Waals surface area contributed by atoms with Crippen molar-refractivity contribution in [2.75, 3.05) is 16.3 Å². The maximum absolute atomic E-state index is 12.8. The Morgan fingerprint density at radius 3 is 2.69 bits per heavy atom. The molecule has 0 N–H and O–H groups in total. The fraction of sp³-hybridized carbons (Fsp3) is 0.217. The van der Waals surface area contributed by atoms with Crippen molar-refractivity contribution in [1.29, 1.82) is 0 Å². The van der Waals surface area contributed by atoms with E-state index in [-0.39, 0.29) is 24.0 Å². The van der Waals surface area contributed by atoms with Gasteiger partial charge in [-0.2, -0.15) is 0 Å². The molecule has 0 bridgehead atoms. The average Bonchev–Trinajstić information content (AvgIpc) is 3.41. The van der Waals surface area contributed by atoms with Crippen molar-refractivity contribution in [1.82, 2.24) is 4.98 Å². The van der Waals surface area contributed by atoms with E-state index >= 15 is 0 Å². The molecule has 0 unspecified atom stereocenters. The summed E-state index contributed by atoms with van der Waals surface area (Å²) in [6.45, 7) is 1.94. The molecule has 9 heteroatoms. The molecule has 1 aromatic heterocycles. The van der Waals surface area contributed by atoms with E-state index in [0.717, 1.165) is 6.42 Å². The minimum atomic E-state index is -0.572. The molecule has 2 amide bonds. The number of benzene rings is 2. The van der Waals surface area contributed by atoms with Crippen molar-refractivity contribution in [2.45, 2.75) is 26.4 Å². The molecule has 7 nitrogen and oxygen atoms in total. The summed E-state index contributed by atoms with van der Waals surface area (Å²) in [5.41, 5.74) is 1.96. The molecular weight excluding hydrogens is 450 g/mol. The van der Waals surface area contributed by atoms with E-state index in [2.05, 4.69) is 4.98 Å². The number of para-hydroxylation sites is 1. The van der Waals surface area contributed by atoms with Gasteiger partial charge < -0.3 is 9.64 Å². The lowest BCUT2D eigenvalue weighted by atomic mass is 10.1. The number of carbonyl (C=O) groups is 3. The summed E-state index contributed by atoms with van der Waals surface area (Å²) >= 11 is 7.38. The summed E-state index contributed by atoms with van der Waals surface area (Å²) < 4.78 is 5.47. The number of anilines is 3. The molecule has 1 fully saturated rings. The van der Waals surface area contributed by atoms with Gasteiger partial charge in [0.15, 0.2) is 5.13 Å². The van der Waals surface area contributed by atoms with Gasteiger partial charge in [-0.25, -0.2) is 9.78 Å². The number of carbonyl (C=O) groups excluding carboxylic acids is 3. The number of halogens is 1. The number of aromatic nitrogens is 1. The topological polar surface area (TPSA) is 79.8 Å². The van der Waals surface area contributed by atoms with E-state index in [1.54, 1.807) is 28.5 Å². The number of thiazole rings is 1. The highest BCUT2D eigenvalue weighted by atomic mass is 35.5. The molecule has 32 heavy (non-hydrogen) atoms. The molecule has 1 aliphatic heterocycles. The van der Waals surface area contributed by atoms with Crippen LogP contribution >= 0.6 is 22.9 Å². The van der Waals surface area contributed by atoms with Crippen molar-refractivity contribution in [3.63, 3.8) is 0 Å². The molecular formula is C23H20ClN3O4S. The lowest BCUT2D eigenvalue weighted by Crippen LogP contribution is -2.26. The van der Waals surface area contributed by atoms with Crippen LogP contribution in [0.15, 0.2) is 53.9 Å². The van der Waals surface area contributed by atoms with Crippen LogP contribution < -0.4 is 9.80 Å². The monoisotopic (exact) mass is 469 g/mol. The van der Waals surface area contributed by atoms with E-state index in [4.69, 9.17) is 16.3 Å². The van der Waals surface area contributed by atoms with Gasteiger partial charge in [0.25, 0.3) is 0 Å². The zero-order chi connectivity index (χ0) is 22.7. The third-order valence-corrected chi connectivity index (χ3v) is 6.06. The molecule has 2 aromatic carbocycles. The first kappa shape index (κ1) is 22.0. The third kappa shape index (κ3) is 4.66. The lowest BCUT2D eigenvalue weighted by Gasteiger charge is -2.19. The number of ether oxygens (including phenoxy) is 1. The van der Waals surface area contributed by atoms with Gasteiger partial charge in [-0.05, 0) is 36.8 Å². The molecule has 4 rings (SSSR count). The van der Waals surface area contributed by atoms with Crippen molar-refractivity contribution < 1.29 is 19.1 Å². The van der Waals surface area contributed by atoms with Gasteiger partial charge >= 0.3 is 5.97 Å². The van der Waals surface area contributed by atoms with Crippen molar-refractivity contribution in [3.8, 4) is 0 Å². The Hall–Kier alpha value is -3.23. The second-order valence-corrected chi connectivity index (χ2v) is 8.47. The predicted octanol–water partition coefficient (Wildman–Crippen LogP) is 4.96. The Kier molecular flexibility index (Phi) is 6.53. The fourth-order valence-electron chi connectivity index (χ4n) is 3.49. The molecule has 1 saturated heterocycles. The van der Waals surface area contributed by atoms with Crippen LogP contribution in [0, 0.1) is 0 Å². The Balaban J connectivity index is 1.50. The Bertz CT molecular complexity index is 1170. The first-order chi connectivity index (χ1) is 15.4. The molecule has 0 radical (unpaired) electrons. The van der Waals surface area contributed by atoms with Crippen LogP contribution in [0.3, 0.4) is 0 Å². The van der Waals surface area contributed by atoms with Crippen LogP contribution in [0.5, 0.6) is 0 Å². The Morgan fingerprint density at radius 2 is 2.00 bits per heavy atom. The molecule has 3 aromatic rings. The SMILES string of the molecule is CC(=O)N(c1ccccc1)c1nc(COC(=O)c2ccc(Cl)cc2N2CCCC2=O)cs1. The van der Waals surface area contributed by atoms with Crippen LogP contribution in [0.2, 0.25) is 5.02 Å². The van der Waals surface area contributed by atoms with Gasteiger partial charge in [0, 0.05) is 30.3 Å². The largest absolute Gasteiger partial charge is 0.455 e. The molecule has 0 spiro atoms. The minimum absolute atomic E-state index is 0.0457.